The van der Waals surface area contributed by atoms with Gasteiger partial charge in [-0.2, -0.15) is 4.31 Å². The van der Waals surface area contributed by atoms with Crippen molar-refractivity contribution < 1.29 is 27.4 Å². The molecule has 0 saturated carbocycles. The summed E-state index contributed by atoms with van der Waals surface area (Å²) in [6.45, 7) is 12.2. The lowest BCUT2D eigenvalue weighted by Gasteiger charge is -2.28. The highest BCUT2D eigenvalue weighted by Gasteiger charge is 2.43. The minimum Gasteiger partial charge on any atom is -0.486 e. The molecule has 1 aromatic rings. The molecule has 7 nitrogen and oxygen atoms in total. The molecule has 31 heavy (non-hydrogen) atoms. The summed E-state index contributed by atoms with van der Waals surface area (Å²) in [5.41, 5.74) is 0.203. The van der Waals surface area contributed by atoms with Crippen molar-refractivity contribution >= 4 is 16.0 Å². The Hall–Kier alpha value is -1.90. The molecule has 8 heteroatoms. The molecular formula is C23H33NO6S. The summed E-state index contributed by atoms with van der Waals surface area (Å²) in [4.78, 5) is 12.8. The fourth-order valence-electron chi connectivity index (χ4n) is 3.99. The first-order valence-electron chi connectivity index (χ1n) is 10.7. The van der Waals surface area contributed by atoms with Crippen LogP contribution < -0.4 is 4.74 Å². The SMILES string of the molecule is C=CC[C@@H]1COC[C@@H]1Oc1cc(C)ccc1S(=O)(=O)N1CCC[C@H]1C(=O)OC(C)(C)C. The first kappa shape index (κ1) is 23.8. The molecule has 1 aromatic carbocycles. The molecule has 2 aliphatic heterocycles. The molecule has 0 aliphatic carbocycles. The van der Waals surface area contributed by atoms with Crippen molar-refractivity contribution in [1.29, 1.82) is 0 Å². The van der Waals surface area contributed by atoms with Gasteiger partial charge in [0.1, 0.15) is 28.4 Å². The maximum Gasteiger partial charge on any atom is 0.324 e. The average molecular weight is 452 g/mol. The van der Waals surface area contributed by atoms with Gasteiger partial charge in [-0.25, -0.2) is 8.42 Å². The number of hydrogen-bond donors (Lipinski definition) is 0. The number of rotatable bonds is 7. The van der Waals surface area contributed by atoms with E-state index in [1.807, 2.05) is 13.0 Å². The van der Waals surface area contributed by atoms with E-state index in [0.717, 1.165) is 12.0 Å². The van der Waals surface area contributed by atoms with E-state index in [0.29, 0.717) is 31.8 Å². The van der Waals surface area contributed by atoms with Crippen molar-refractivity contribution in [2.75, 3.05) is 19.8 Å². The fraction of sp³-hybridized carbons (Fsp3) is 0.609. The molecule has 3 rings (SSSR count). The summed E-state index contributed by atoms with van der Waals surface area (Å²) in [5.74, 6) is -0.104. The standard InChI is InChI=1S/C23H33NO6S/c1-6-8-17-14-28-15-20(17)29-19-13-16(2)10-11-21(19)31(26,27)24-12-7-9-18(24)22(25)30-23(3,4)5/h6,10-11,13,17-18,20H,1,7-9,12,14-15H2,2-5H3/t17-,18+,20+/m1/s1. The van der Waals surface area contributed by atoms with Crippen LogP contribution in [0, 0.1) is 12.8 Å². The van der Waals surface area contributed by atoms with Crippen LogP contribution in [-0.4, -0.2) is 56.2 Å². The Morgan fingerprint density at radius 1 is 1.32 bits per heavy atom. The predicted molar refractivity (Wildman–Crippen MR) is 117 cm³/mol. The van der Waals surface area contributed by atoms with E-state index in [2.05, 4.69) is 6.58 Å². The number of nitrogens with zero attached hydrogens (tertiary/aromatic N) is 1. The minimum atomic E-state index is -3.96. The van der Waals surface area contributed by atoms with Crippen LogP contribution in [0.2, 0.25) is 0 Å². The molecular weight excluding hydrogens is 418 g/mol. The highest BCUT2D eigenvalue weighted by molar-refractivity contribution is 7.89. The van der Waals surface area contributed by atoms with Gasteiger partial charge in [0.15, 0.2) is 0 Å². The van der Waals surface area contributed by atoms with E-state index < -0.39 is 27.6 Å². The van der Waals surface area contributed by atoms with Gasteiger partial charge < -0.3 is 14.2 Å². The normalized spacial score (nSPS) is 24.8. The molecule has 0 radical (unpaired) electrons. The monoisotopic (exact) mass is 451 g/mol. The van der Waals surface area contributed by atoms with Crippen molar-refractivity contribution in [3.63, 3.8) is 0 Å². The second-order valence-corrected chi connectivity index (χ2v) is 11.1. The highest BCUT2D eigenvalue weighted by Crippen LogP contribution is 2.35. The summed E-state index contributed by atoms with van der Waals surface area (Å²) in [6, 6.07) is 4.20. The Morgan fingerprint density at radius 3 is 2.74 bits per heavy atom. The van der Waals surface area contributed by atoms with Crippen molar-refractivity contribution in [2.24, 2.45) is 5.92 Å². The zero-order valence-electron chi connectivity index (χ0n) is 18.8. The number of hydrogen-bond acceptors (Lipinski definition) is 6. The largest absolute Gasteiger partial charge is 0.486 e. The molecule has 2 heterocycles. The summed E-state index contributed by atoms with van der Waals surface area (Å²) in [7, 11) is -3.96. The van der Waals surface area contributed by atoms with Crippen molar-refractivity contribution in [3.05, 3.63) is 36.4 Å². The lowest BCUT2D eigenvalue weighted by Crippen LogP contribution is -2.43. The molecule has 2 aliphatic rings. The van der Waals surface area contributed by atoms with Gasteiger partial charge >= 0.3 is 5.97 Å². The number of esters is 1. The van der Waals surface area contributed by atoms with E-state index in [1.54, 1.807) is 39.0 Å². The molecule has 172 valence electrons. The van der Waals surface area contributed by atoms with Gasteiger partial charge in [0.2, 0.25) is 10.0 Å². The Kier molecular flexibility index (Phi) is 7.13. The Bertz CT molecular complexity index is 920. The first-order valence-corrected chi connectivity index (χ1v) is 12.2. The number of benzene rings is 1. The Labute approximate surface area is 185 Å². The van der Waals surface area contributed by atoms with Crippen LogP contribution in [0.1, 0.15) is 45.6 Å². The van der Waals surface area contributed by atoms with Crippen LogP contribution in [0.25, 0.3) is 0 Å². The van der Waals surface area contributed by atoms with Crippen LogP contribution in [0.15, 0.2) is 35.7 Å². The first-order chi connectivity index (χ1) is 14.5. The van der Waals surface area contributed by atoms with E-state index >= 15 is 0 Å². The quantitative estimate of drug-likeness (QED) is 0.466. The zero-order valence-corrected chi connectivity index (χ0v) is 19.6. The Morgan fingerprint density at radius 2 is 2.06 bits per heavy atom. The van der Waals surface area contributed by atoms with Gasteiger partial charge in [0.25, 0.3) is 0 Å². The third kappa shape index (κ3) is 5.48. The van der Waals surface area contributed by atoms with Crippen LogP contribution >= 0.6 is 0 Å². The molecule has 3 atom stereocenters. The van der Waals surface area contributed by atoms with E-state index in [-0.39, 0.29) is 23.5 Å². The maximum atomic E-state index is 13.6. The number of sulfonamides is 1. The molecule has 0 spiro atoms. The van der Waals surface area contributed by atoms with Crippen molar-refractivity contribution in [2.45, 2.75) is 69.6 Å². The number of carbonyl (C=O) groups is 1. The van der Waals surface area contributed by atoms with Gasteiger partial charge in [-0.05, 0) is 64.7 Å². The van der Waals surface area contributed by atoms with E-state index in [4.69, 9.17) is 14.2 Å². The summed E-state index contributed by atoms with van der Waals surface area (Å²) < 4.78 is 45.7. The van der Waals surface area contributed by atoms with Crippen LogP contribution in [0.5, 0.6) is 5.75 Å². The van der Waals surface area contributed by atoms with Crippen molar-refractivity contribution in [1.82, 2.24) is 4.31 Å². The van der Waals surface area contributed by atoms with Gasteiger partial charge in [0, 0.05) is 12.5 Å². The molecule has 2 saturated heterocycles. The number of ether oxygens (including phenoxy) is 3. The van der Waals surface area contributed by atoms with Gasteiger partial charge in [-0.3, -0.25) is 4.79 Å². The molecule has 0 aromatic heterocycles. The van der Waals surface area contributed by atoms with Gasteiger partial charge in [-0.15, -0.1) is 6.58 Å². The smallest absolute Gasteiger partial charge is 0.324 e. The summed E-state index contributed by atoms with van der Waals surface area (Å²) >= 11 is 0. The number of aryl methyl sites for hydroxylation is 1. The molecule has 0 N–H and O–H groups in total. The van der Waals surface area contributed by atoms with Crippen LogP contribution in [-0.2, 0) is 24.3 Å². The molecule has 0 amide bonds. The molecule has 0 unspecified atom stereocenters. The third-order valence-electron chi connectivity index (χ3n) is 5.46. The molecule has 2 fully saturated rings. The fourth-order valence-corrected chi connectivity index (χ4v) is 5.74. The maximum absolute atomic E-state index is 13.6. The van der Waals surface area contributed by atoms with E-state index in [9.17, 15) is 13.2 Å². The van der Waals surface area contributed by atoms with Crippen LogP contribution in [0.3, 0.4) is 0 Å². The number of carbonyl (C=O) groups excluding carboxylic acids is 1. The second-order valence-electron chi connectivity index (χ2n) is 9.24. The summed E-state index contributed by atoms with van der Waals surface area (Å²) in [5, 5.41) is 0. The second kappa shape index (κ2) is 9.30. The number of allylic oxidation sites excluding steroid dienone is 1. The topological polar surface area (TPSA) is 82.1 Å². The van der Waals surface area contributed by atoms with E-state index in [1.165, 1.54) is 4.31 Å². The Balaban J connectivity index is 1.90. The summed E-state index contributed by atoms with van der Waals surface area (Å²) in [6.07, 6.45) is 3.33. The highest BCUT2D eigenvalue weighted by atomic mass is 32.2. The van der Waals surface area contributed by atoms with Gasteiger partial charge in [-0.1, -0.05) is 12.1 Å². The van der Waals surface area contributed by atoms with Crippen LogP contribution in [0.4, 0.5) is 0 Å². The molecule has 0 bridgehead atoms. The lowest BCUT2D eigenvalue weighted by atomic mass is 10.0. The average Bonchev–Trinajstić information content (AvgIpc) is 3.31. The lowest BCUT2D eigenvalue weighted by molar-refractivity contribution is -0.158. The van der Waals surface area contributed by atoms with Gasteiger partial charge in [0.05, 0.1) is 13.2 Å². The zero-order chi connectivity index (χ0) is 22.8. The minimum absolute atomic E-state index is 0.0674. The third-order valence-corrected chi connectivity index (χ3v) is 7.40. The van der Waals surface area contributed by atoms with Crippen molar-refractivity contribution in [3.8, 4) is 5.75 Å². The predicted octanol–water partition coefficient (Wildman–Crippen LogP) is 3.46.